The third kappa shape index (κ3) is 4.55. The lowest BCUT2D eigenvalue weighted by atomic mass is 9.98. The predicted molar refractivity (Wildman–Crippen MR) is 119 cm³/mol. The molecule has 0 radical (unpaired) electrons. The van der Waals surface area contributed by atoms with E-state index in [2.05, 4.69) is 29.6 Å². The maximum absolute atomic E-state index is 12.6. The topological polar surface area (TPSA) is 72.1 Å². The summed E-state index contributed by atoms with van der Waals surface area (Å²) < 4.78 is 7.94. The number of rotatable bonds is 6. The normalized spacial score (nSPS) is 15.2. The Morgan fingerprint density at radius 1 is 1.30 bits per heavy atom. The molecule has 6 nitrogen and oxygen atoms in total. The zero-order valence-electron chi connectivity index (χ0n) is 17.8. The van der Waals surface area contributed by atoms with Gasteiger partial charge < -0.3 is 15.1 Å². The number of carbonyl (C=O) groups excluding carboxylic acids is 1. The van der Waals surface area contributed by atoms with Crippen molar-refractivity contribution in [2.45, 2.75) is 46.1 Å². The fourth-order valence-corrected chi connectivity index (χ4v) is 4.21. The molecule has 1 aliphatic heterocycles. The molecule has 2 N–H and O–H groups in total. The third-order valence-corrected chi connectivity index (χ3v) is 6.01. The Hall–Kier alpha value is -2.31. The summed E-state index contributed by atoms with van der Waals surface area (Å²) in [6, 6.07) is 7.72. The molecule has 160 valence electrons. The number of piperidine rings is 1. The van der Waals surface area contributed by atoms with Crippen molar-refractivity contribution < 1.29 is 9.21 Å². The van der Waals surface area contributed by atoms with E-state index in [0.29, 0.717) is 35.6 Å². The van der Waals surface area contributed by atoms with Crippen LogP contribution in [0.3, 0.4) is 0 Å². The number of furan rings is 1. The Bertz CT molecular complexity index is 1050. The molecule has 0 unspecified atom stereocenters. The summed E-state index contributed by atoms with van der Waals surface area (Å²) in [5, 5.41) is 12.6. The van der Waals surface area contributed by atoms with Gasteiger partial charge in [-0.05, 0) is 63.0 Å². The summed E-state index contributed by atoms with van der Waals surface area (Å²) in [4.78, 5) is 12.6. The maximum atomic E-state index is 12.6. The number of carbonyl (C=O) groups is 1. The van der Waals surface area contributed by atoms with Crippen LogP contribution in [0.5, 0.6) is 0 Å². The zero-order chi connectivity index (χ0) is 21.3. The highest BCUT2D eigenvalue weighted by Crippen LogP contribution is 2.31. The van der Waals surface area contributed by atoms with Crippen LogP contribution in [-0.4, -0.2) is 35.3 Å². The van der Waals surface area contributed by atoms with Gasteiger partial charge in [-0.25, -0.2) is 0 Å². The van der Waals surface area contributed by atoms with E-state index >= 15 is 0 Å². The first-order valence-electron chi connectivity index (χ1n) is 10.7. The van der Waals surface area contributed by atoms with Gasteiger partial charge in [0.05, 0.1) is 6.54 Å². The number of nitrogens with zero attached hydrogens (tertiary/aromatic N) is 2. The van der Waals surface area contributed by atoms with Crippen molar-refractivity contribution in [3.05, 3.63) is 52.0 Å². The van der Waals surface area contributed by atoms with Crippen LogP contribution < -0.4 is 10.6 Å². The third-order valence-electron chi connectivity index (χ3n) is 5.79. The Morgan fingerprint density at radius 2 is 2.07 bits per heavy atom. The minimum absolute atomic E-state index is 0.119. The van der Waals surface area contributed by atoms with E-state index in [-0.39, 0.29) is 5.91 Å². The van der Waals surface area contributed by atoms with Crippen molar-refractivity contribution in [3.63, 3.8) is 0 Å². The summed E-state index contributed by atoms with van der Waals surface area (Å²) in [6.45, 7) is 9.40. The van der Waals surface area contributed by atoms with Gasteiger partial charge in [0.25, 0.3) is 5.91 Å². The van der Waals surface area contributed by atoms with Crippen LogP contribution in [0, 0.1) is 12.8 Å². The van der Waals surface area contributed by atoms with E-state index in [1.807, 2.05) is 35.9 Å². The van der Waals surface area contributed by atoms with Crippen molar-refractivity contribution >= 4 is 28.5 Å². The number of nitrogens with one attached hydrogen (secondary N) is 2. The Morgan fingerprint density at radius 3 is 2.80 bits per heavy atom. The second kappa shape index (κ2) is 8.82. The maximum Gasteiger partial charge on any atom is 0.271 e. The molecule has 1 amide bonds. The van der Waals surface area contributed by atoms with E-state index in [1.54, 1.807) is 0 Å². The van der Waals surface area contributed by atoms with Gasteiger partial charge in [0, 0.05) is 34.1 Å². The molecular weight excluding hydrogens is 400 g/mol. The van der Waals surface area contributed by atoms with E-state index < -0.39 is 0 Å². The average Bonchev–Trinajstić information content (AvgIpc) is 3.31. The molecule has 0 bridgehead atoms. The molecule has 3 aromatic rings. The predicted octanol–water partition coefficient (Wildman–Crippen LogP) is 4.49. The van der Waals surface area contributed by atoms with Crippen LogP contribution in [-0.2, 0) is 6.54 Å². The molecule has 0 atom stereocenters. The SMILES string of the molecule is Cc1cc(C(=O)NCC2CCNCC2)nn1Cc1cc(Cl)cc2cc(C(C)C)oc12. The number of amides is 1. The molecule has 1 aliphatic rings. The molecule has 1 aromatic carbocycles. The monoisotopic (exact) mass is 428 g/mol. The van der Waals surface area contributed by atoms with Crippen molar-refractivity contribution in [3.8, 4) is 0 Å². The number of fused-ring (bicyclic) bond motifs is 1. The van der Waals surface area contributed by atoms with Gasteiger partial charge in [-0.15, -0.1) is 0 Å². The molecule has 1 fully saturated rings. The fourth-order valence-electron chi connectivity index (χ4n) is 3.96. The standard InChI is InChI=1S/C23H29ClN4O2/c1-14(2)21-11-17-9-19(24)10-18(22(17)30-21)13-28-15(3)8-20(27-28)23(29)26-12-16-4-6-25-7-5-16/h8-11,14,16,25H,4-7,12-13H2,1-3H3,(H,26,29). The molecule has 0 spiro atoms. The number of aromatic nitrogens is 2. The first kappa shape index (κ1) is 20.9. The minimum atomic E-state index is -0.119. The zero-order valence-corrected chi connectivity index (χ0v) is 18.6. The average molecular weight is 429 g/mol. The number of aryl methyl sites for hydroxylation is 1. The molecule has 0 aliphatic carbocycles. The van der Waals surface area contributed by atoms with Crippen LogP contribution in [0.25, 0.3) is 11.0 Å². The number of benzene rings is 1. The minimum Gasteiger partial charge on any atom is -0.460 e. The Kier molecular flexibility index (Phi) is 6.16. The Labute approximate surface area is 182 Å². The highest BCUT2D eigenvalue weighted by atomic mass is 35.5. The van der Waals surface area contributed by atoms with E-state index in [4.69, 9.17) is 16.0 Å². The second-order valence-corrected chi connectivity index (χ2v) is 8.96. The van der Waals surface area contributed by atoms with Gasteiger partial charge in [0.15, 0.2) is 0 Å². The van der Waals surface area contributed by atoms with Crippen LogP contribution in [0.2, 0.25) is 5.02 Å². The van der Waals surface area contributed by atoms with Crippen molar-refractivity contribution in [2.75, 3.05) is 19.6 Å². The molecule has 30 heavy (non-hydrogen) atoms. The molecule has 3 heterocycles. The van der Waals surface area contributed by atoms with Crippen LogP contribution >= 0.6 is 11.6 Å². The summed E-state index contributed by atoms with van der Waals surface area (Å²) >= 11 is 6.35. The van der Waals surface area contributed by atoms with Crippen molar-refractivity contribution in [1.29, 1.82) is 0 Å². The summed E-state index contributed by atoms with van der Waals surface area (Å²) in [5.41, 5.74) is 3.15. The van der Waals surface area contributed by atoms with Gasteiger partial charge in [0.2, 0.25) is 0 Å². The van der Waals surface area contributed by atoms with E-state index in [9.17, 15) is 4.79 Å². The molecule has 2 aromatic heterocycles. The van der Waals surface area contributed by atoms with Gasteiger partial charge >= 0.3 is 0 Å². The molecule has 4 rings (SSSR count). The first-order valence-corrected chi connectivity index (χ1v) is 11.0. The van der Waals surface area contributed by atoms with E-state index in [0.717, 1.165) is 53.9 Å². The second-order valence-electron chi connectivity index (χ2n) is 8.52. The fraction of sp³-hybridized carbons (Fsp3) is 0.478. The van der Waals surface area contributed by atoms with Gasteiger partial charge in [-0.2, -0.15) is 5.10 Å². The van der Waals surface area contributed by atoms with Gasteiger partial charge in [-0.3, -0.25) is 9.48 Å². The van der Waals surface area contributed by atoms with Crippen LogP contribution in [0.4, 0.5) is 0 Å². The van der Waals surface area contributed by atoms with Crippen LogP contribution in [0.1, 0.15) is 60.1 Å². The molecule has 0 saturated carbocycles. The molecule has 1 saturated heterocycles. The highest BCUT2D eigenvalue weighted by molar-refractivity contribution is 6.31. The highest BCUT2D eigenvalue weighted by Gasteiger charge is 2.18. The number of hydrogen-bond acceptors (Lipinski definition) is 4. The number of hydrogen-bond donors (Lipinski definition) is 2. The lowest BCUT2D eigenvalue weighted by Gasteiger charge is -2.22. The van der Waals surface area contributed by atoms with Gasteiger partial charge in [-0.1, -0.05) is 25.4 Å². The van der Waals surface area contributed by atoms with Gasteiger partial charge in [0.1, 0.15) is 17.0 Å². The van der Waals surface area contributed by atoms with Crippen molar-refractivity contribution in [1.82, 2.24) is 20.4 Å². The lowest BCUT2D eigenvalue weighted by Crippen LogP contribution is -2.36. The van der Waals surface area contributed by atoms with E-state index in [1.165, 1.54) is 0 Å². The largest absolute Gasteiger partial charge is 0.460 e. The van der Waals surface area contributed by atoms with Crippen molar-refractivity contribution in [2.24, 2.45) is 5.92 Å². The summed E-state index contributed by atoms with van der Waals surface area (Å²) in [7, 11) is 0. The molecule has 7 heteroatoms. The summed E-state index contributed by atoms with van der Waals surface area (Å²) in [5.74, 6) is 1.65. The first-order chi connectivity index (χ1) is 14.4. The molecular formula is C23H29ClN4O2. The lowest BCUT2D eigenvalue weighted by molar-refractivity contribution is 0.0938. The summed E-state index contributed by atoms with van der Waals surface area (Å²) in [6.07, 6.45) is 2.19. The number of halogens is 1. The van der Waals surface area contributed by atoms with Crippen LogP contribution in [0.15, 0.2) is 28.7 Å². The smallest absolute Gasteiger partial charge is 0.271 e. The quantitative estimate of drug-likeness (QED) is 0.606. The Balaban J connectivity index is 1.51.